The quantitative estimate of drug-likeness (QED) is 0.735. The summed E-state index contributed by atoms with van der Waals surface area (Å²) < 4.78 is 0. The number of piperazine rings is 1. The van der Waals surface area contributed by atoms with E-state index in [0.29, 0.717) is 6.04 Å². The van der Waals surface area contributed by atoms with E-state index in [9.17, 15) is 4.79 Å². The lowest BCUT2D eigenvalue weighted by Crippen LogP contribution is -2.48. The third kappa shape index (κ3) is 3.57. The normalized spacial score (nSPS) is 26.2. The van der Waals surface area contributed by atoms with Gasteiger partial charge in [-0.05, 0) is 19.8 Å². The molecule has 2 saturated heterocycles. The summed E-state index contributed by atoms with van der Waals surface area (Å²) in [5.74, 6) is 0. The molecule has 2 amide bonds. The first-order valence-electron chi connectivity index (χ1n) is 6.75. The molecule has 0 saturated carbocycles. The van der Waals surface area contributed by atoms with E-state index in [1.54, 1.807) is 0 Å². The number of urea groups is 1. The molecule has 1 unspecified atom stereocenters. The highest BCUT2D eigenvalue weighted by Gasteiger charge is 2.24. The van der Waals surface area contributed by atoms with Gasteiger partial charge in [-0.3, -0.25) is 4.90 Å². The van der Waals surface area contributed by atoms with Crippen molar-refractivity contribution in [1.82, 2.24) is 20.4 Å². The van der Waals surface area contributed by atoms with Crippen molar-refractivity contribution in [3.8, 4) is 0 Å². The summed E-state index contributed by atoms with van der Waals surface area (Å²) in [5.41, 5.74) is 0. The molecule has 2 heterocycles. The van der Waals surface area contributed by atoms with E-state index in [4.69, 9.17) is 0 Å². The fourth-order valence-corrected chi connectivity index (χ4v) is 2.59. The highest BCUT2D eigenvalue weighted by atomic mass is 16.2. The molecule has 0 aromatic heterocycles. The van der Waals surface area contributed by atoms with Gasteiger partial charge in [-0.25, -0.2) is 4.79 Å². The fraction of sp³-hybridized carbons (Fsp3) is 0.917. The monoisotopic (exact) mass is 240 g/mol. The Hall–Kier alpha value is -0.810. The van der Waals surface area contributed by atoms with Gasteiger partial charge in [-0.2, -0.15) is 0 Å². The van der Waals surface area contributed by atoms with Crippen LogP contribution in [0.2, 0.25) is 0 Å². The molecule has 1 atom stereocenters. The van der Waals surface area contributed by atoms with E-state index in [1.165, 1.54) is 0 Å². The van der Waals surface area contributed by atoms with Gasteiger partial charge in [0, 0.05) is 51.9 Å². The first kappa shape index (κ1) is 12.6. The first-order chi connectivity index (χ1) is 8.27. The average Bonchev–Trinajstić information content (AvgIpc) is 2.77. The molecule has 0 bridgehead atoms. The molecule has 5 heteroatoms. The van der Waals surface area contributed by atoms with Crippen molar-refractivity contribution >= 4 is 6.03 Å². The molecule has 0 aromatic carbocycles. The SMILES string of the molecule is CC1CCCN1C(=O)NCCN1CCNCC1. The highest BCUT2D eigenvalue weighted by molar-refractivity contribution is 5.74. The zero-order valence-electron chi connectivity index (χ0n) is 10.7. The molecule has 98 valence electrons. The molecular weight excluding hydrogens is 216 g/mol. The Bertz CT molecular complexity index is 253. The predicted molar refractivity (Wildman–Crippen MR) is 68.1 cm³/mol. The molecule has 5 nitrogen and oxygen atoms in total. The van der Waals surface area contributed by atoms with Crippen LogP contribution in [-0.2, 0) is 0 Å². The van der Waals surface area contributed by atoms with E-state index in [1.807, 2.05) is 4.90 Å². The summed E-state index contributed by atoms with van der Waals surface area (Å²) in [6.07, 6.45) is 2.29. The van der Waals surface area contributed by atoms with Crippen LogP contribution in [0.15, 0.2) is 0 Å². The van der Waals surface area contributed by atoms with Crippen molar-refractivity contribution in [3.05, 3.63) is 0 Å². The Kier molecular flexibility index (Phi) is 4.62. The molecule has 2 aliphatic rings. The first-order valence-corrected chi connectivity index (χ1v) is 6.75. The van der Waals surface area contributed by atoms with Crippen molar-refractivity contribution in [2.45, 2.75) is 25.8 Å². The predicted octanol–water partition coefficient (Wildman–Crippen LogP) is 0.0855. The van der Waals surface area contributed by atoms with Crippen LogP contribution < -0.4 is 10.6 Å². The van der Waals surface area contributed by atoms with Crippen LogP contribution in [0.5, 0.6) is 0 Å². The van der Waals surface area contributed by atoms with Gasteiger partial charge in [-0.1, -0.05) is 0 Å². The summed E-state index contributed by atoms with van der Waals surface area (Å²) in [6.45, 7) is 9.10. The van der Waals surface area contributed by atoms with Crippen LogP contribution in [-0.4, -0.2) is 67.7 Å². The van der Waals surface area contributed by atoms with Crippen molar-refractivity contribution in [1.29, 1.82) is 0 Å². The second kappa shape index (κ2) is 6.21. The third-order valence-electron chi connectivity index (χ3n) is 3.73. The summed E-state index contributed by atoms with van der Waals surface area (Å²) in [5, 5.41) is 6.35. The lowest BCUT2D eigenvalue weighted by atomic mass is 10.2. The average molecular weight is 240 g/mol. The summed E-state index contributed by atoms with van der Waals surface area (Å²) in [4.78, 5) is 16.2. The standard InChI is InChI=1S/C12H24N4O/c1-11-3-2-7-16(11)12(17)14-6-10-15-8-4-13-5-9-15/h11,13H,2-10H2,1H3,(H,14,17). The summed E-state index contributed by atoms with van der Waals surface area (Å²) in [7, 11) is 0. The maximum absolute atomic E-state index is 11.9. The van der Waals surface area contributed by atoms with Gasteiger partial charge in [0.1, 0.15) is 0 Å². The maximum Gasteiger partial charge on any atom is 0.317 e. The van der Waals surface area contributed by atoms with Crippen LogP contribution in [0.4, 0.5) is 4.79 Å². The second-order valence-electron chi connectivity index (χ2n) is 5.01. The Balaban J connectivity index is 1.62. The molecule has 2 fully saturated rings. The molecule has 17 heavy (non-hydrogen) atoms. The molecule has 0 spiro atoms. The van der Waals surface area contributed by atoms with E-state index >= 15 is 0 Å². The van der Waals surface area contributed by atoms with Crippen LogP contribution in [0.1, 0.15) is 19.8 Å². The molecule has 2 rings (SSSR count). The van der Waals surface area contributed by atoms with Gasteiger partial charge < -0.3 is 15.5 Å². The second-order valence-corrected chi connectivity index (χ2v) is 5.01. The largest absolute Gasteiger partial charge is 0.337 e. The number of carbonyl (C=O) groups excluding carboxylic acids is 1. The number of hydrogen-bond acceptors (Lipinski definition) is 3. The smallest absolute Gasteiger partial charge is 0.317 e. The lowest BCUT2D eigenvalue weighted by molar-refractivity contribution is 0.191. The summed E-state index contributed by atoms with van der Waals surface area (Å²) in [6, 6.07) is 0.527. The van der Waals surface area contributed by atoms with Gasteiger partial charge >= 0.3 is 6.03 Å². The van der Waals surface area contributed by atoms with E-state index in [0.717, 1.165) is 58.7 Å². The van der Waals surface area contributed by atoms with Crippen molar-refractivity contribution in [2.24, 2.45) is 0 Å². The maximum atomic E-state index is 11.9. The number of amides is 2. The molecular formula is C12H24N4O. The number of nitrogens with one attached hydrogen (secondary N) is 2. The van der Waals surface area contributed by atoms with E-state index in [-0.39, 0.29) is 6.03 Å². The van der Waals surface area contributed by atoms with Gasteiger partial charge in [0.15, 0.2) is 0 Å². The zero-order chi connectivity index (χ0) is 12.1. The van der Waals surface area contributed by atoms with Gasteiger partial charge in [0.2, 0.25) is 0 Å². The van der Waals surface area contributed by atoms with E-state index < -0.39 is 0 Å². The highest BCUT2D eigenvalue weighted by Crippen LogP contribution is 2.15. The molecule has 0 aromatic rings. The fourth-order valence-electron chi connectivity index (χ4n) is 2.59. The van der Waals surface area contributed by atoms with E-state index in [2.05, 4.69) is 22.5 Å². The van der Waals surface area contributed by atoms with Crippen molar-refractivity contribution in [2.75, 3.05) is 45.8 Å². The number of likely N-dealkylation sites (tertiary alicyclic amines) is 1. The van der Waals surface area contributed by atoms with Crippen molar-refractivity contribution in [3.63, 3.8) is 0 Å². The van der Waals surface area contributed by atoms with Gasteiger partial charge in [0.25, 0.3) is 0 Å². The van der Waals surface area contributed by atoms with Crippen LogP contribution in [0.3, 0.4) is 0 Å². The molecule has 2 N–H and O–H groups in total. The minimum absolute atomic E-state index is 0.116. The lowest BCUT2D eigenvalue weighted by Gasteiger charge is -2.28. The van der Waals surface area contributed by atoms with Crippen LogP contribution in [0, 0.1) is 0 Å². The topological polar surface area (TPSA) is 47.6 Å². The Morgan fingerprint density at radius 1 is 1.35 bits per heavy atom. The summed E-state index contributed by atoms with van der Waals surface area (Å²) >= 11 is 0. The molecule has 0 radical (unpaired) electrons. The van der Waals surface area contributed by atoms with Crippen LogP contribution in [0.25, 0.3) is 0 Å². The van der Waals surface area contributed by atoms with Gasteiger partial charge in [0.05, 0.1) is 0 Å². The Labute approximate surface area is 104 Å². The van der Waals surface area contributed by atoms with Gasteiger partial charge in [-0.15, -0.1) is 0 Å². The minimum Gasteiger partial charge on any atom is -0.337 e. The molecule has 2 aliphatic heterocycles. The number of carbonyl (C=O) groups is 1. The number of rotatable bonds is 3. The minimum atomic E-state index is 0.116. The molecule has 0 aliphatic carbocycles. The number of hydrogen-bond donors (Lipinski definition) is 2. The Morgan fingerprint density at radius 2 is 2.12 bits per heavy atom. The Morgan fingerprint density at radius 3 is 2.76 bits per heavy atom. The number of nitrogens with zero attached hydrogens (tertiary/aromatic N) is 2. The van der Waals surface area contributed by atoms with Crippen LogP contribution >= 0.6 is 0 Å². The zero-order valence-corrected chi connectivity index (χ0v) is 10.7. The van der Waals surface area contributed by atoms with Crippen molar-refractivity contribution < 1.29 is 4.79 Å². The third-order valence-corrected chi connectivity index (χ3v) is 3.73.